The second-order valence-electron chi connectivity index (χ2n) is 7.61. The van der Waals surface area contributed by atoms with Crippen LogP contribution in [0.1, 0.15) is 11.1 Å². The van der Waals surface area contributed by atoms with Crippen molar-refractivity contribution in [3.8, 4) is 0 Å². The highest BCUT2D eigenvalue weighted by Gasteiger charge is 2.23. The van der Waals surface area contributed by atoms with E-state index in [1.807, 2.05) is 0 Å². The maximum absolute atomic E-state index is 2.33. The summed E-state index contributed by atoms with van der Waals surface area (Å²) in [6.07, 6.45) is 0. The number of likely N-dealkylation sites (N-methyl/N-ethyl adjacent to an activating group) is 2. The van der Waals surface area contributed by atoms with Crippen molar-refractivity contribution in [3.05, 3.63) is 71.8 Å². The van der Waals surface area contributed by atoms with Crippen LogP contribution in [0, 0.1) is 0 Å². The minimum Gasteiger partial charge on any atom is -1.00 e. The van der Waals surface area contributed by atoms with Gasteiger partial charge in [-0.15, -0.1) is 0 Å². The molecule has 0 aromatic heterocycles. The van der Waals surface area contributed by atoms with Crippen molar-refractivity contribution in [2.24, 2.45) is 0 Å². The molecule has 7 heteroatoms. The lowest BCUT2D eigenvalue weighted by molar-refractivity contribution is -0.958. The Morgan fingerprint density at radius 3 is 1.04 bits per heavy atom. The van der Waals surface area contributed by atoms with Gasteiger partial charge < -0.3 is 50.2 Å². The fourth-order valence-corrected chi connectivity index (χ4v) is 2.85. The summed E-state index contributed by atoms with van der Waals surface area (Å²) < 4.78 is 2.06. The molecule has 0 aliphatic rings. The van der Waals surface area contributed by atoms with Gasteiger partial charge in [-0.3, -0.25) is 0 Å². The number of hydrogen-bond acceptors (Lipinski definition) is 0. The molecule has 0 unspecified atom stereocenters. The Bertz CT molecular complexity index is 529. The number of benzene rings is 2. The summed E-state index contributed by atoms with van der Waals surface area (Å²) in [5.41, 5.74) is 2.83. The highest BCUT2D eigenvalue weighted by molar-refractivity contribution is 5.14. The van der Waals surface area contributed by atoms with Gasteiger partial charge in [0.25, 0.3) is 0 Å². The quantitative estimate of drug-likeness (QED) is 0.399. The van der Waals surface area contributed by atoms with Crippen molar-refractivity contribution in [1.82, 2.24) is 0 Å². The van der Waals surface area contributed by atoms with Crippen LogP contribution < -0.4 is 24.8 Å². The van der Waals surface area contributed by atoms with Crippen LogP contribution in [0.3, 0.4) is 0 Å². The van der Waals surface area contributed by atoms with Crippen LogP contribution in [0.15, 0.2) is 60.7 Å². The van der Waals surface area contributed by atoms with Crippen LogP contribution in [0.25, 0.3) is 0 Å². The predicted octanol–water partition coefficient (Wildman–Crippen LogP) is -4.93. The molecule has 0 amide bonds. The minimum absolute atomic E-state index is 0. The molecule has 0 spiro atoms. The highest BCUT2D eigenvalue weighted by atomic mass is 35.5. The van der Waals surface area contributed by atoms with Crippen molar-refractivity contribution >= 4 is 0 Å². The van der Waals surface area contributed by atoms with E-state index in [2.05, 4.69) is 88.9 Å². The van der Waals surface area contributed by atoms with E-state index in [0.717, 1.165) is 22.1 Å². The second kappa shape index (κ2) is 14.8. The molecule has 0 fully saturated rings. The topological polar surface area (TPSA) is 94.5 Å². The summed E-state index contributed by atoms with van der Waals surface area (Å²) in [5.74, 6) is 0. The molecule has 2 aromatic carbocycles. The van der Waals surface area contributed by atoms with Gasteiger partial charge in [0, 0.05) is 11.1 Å². The monoisotopic (exact) mass is 422 g/mol. The largest absolute Gasteiger partial charge is 1.00 e. The van der Waals surface area contributed by atoms with Crippen molar-refractivity contribution in [3.63, 3.8) is 0 Å². The van der Waals surface area contributed by atoms with Crippen molar-refractivity contribution in [2.45, 2.75) is 13.1 Å². The summed E-state index contributed by atoms with van der Waals surface area (Å²) in [6.45, 7) is 4.53. The SMILES string of the molecule is C[N+](C)(CC[N+](C)(C)Cc1ccccc1)Cc1ccccc1.O.O.O.[Cl-].[Cl-]. The molecule has 158 valence electrons. The smallest absolute Gasteiger partial charge is 0.128 e. The van der Waals surface area contributed by atoms with E-state index in [0.29, 0.717) is 0 Å². The van der Waals surface area contributed by atoms with Crippen LogP contribution in [0.4, 0.5) is 0 Å². The fourth-order valence-electron chi connectivity index (χ4n) is 2.85. The third kappa shape index (κ3) is 12.8. The molecule has 2 rings (SSSR count). The Morgan fingerprint density at radius 2 is 0.778 bits per heavy atom. The number of halogens is 2. The van der Waals surface area contributed by atoms with Gasteiger partial charge in [0.05, 0.1) is 28.2 Å². The molecule has 5 nitrogen and oxygen atoms in total. The molecule has 6 N–H and O–H groups in total. The van der Waals surface area contributed by atoms with Crippen LogP contribution in [0.5, 0.6) is 0 Å². The van der Waals surface area contributed by atoms with E-state index in [-0.39, 0.29) is 41.2 Å². The third-order valence-electron chi connectivity index (χ3n) is 4.22. The van der Waals surface area contributed by atoms with Gasteiger partial charge in [-0.25, -0.2) is 0 Å². The summed E-state index contributed by atoms with van der Waals surface area (Å²) in [5, 5.41) is 0. The molecule has 0 aliphatic heterocycles. The van der Waals surface area contributed by atoms with Crippen LogP contribution >= 0.6 is 0 Å². The molecule has 0 radical (unpaired) electrons. The summed E-state index contributed by atoms with van der Waals surface area (Å²) >= 11 is 0. The third-order valence-corrected chi connectivity index (χ3v) is 4.22. The average molecular weight is 423 g/mol. The van der Waals surface area contributed by atoms with Gasteiger partial charge in [0.2, 0.25) is 0 Å². The molecule has 27 heavy (non-hydrogen) atoms. The number of rotatable bonds is 7. The predicted molar refractivity (Wildman–Crippen MR) is 105 cm³/mol. The molecule has 0 saturated heterocycles. The van der Waals surface area contributed by atoms with E-state index < -0.39 is 0 Å². The fraction of sp³-hybridized carbons (Fsp3) is 0.400. The molecular weight excluding hydrogens is 387 g/mol. The number of nitrogens with zero attached hydrogens (tertiary/aromatic N) is 2. The first-order valence-corrected chi connectivity index (χ1v) is 8.08. The highest BCUT2D eigenvalue weighted by Crippen LogP contribution is 2.13. The zero-order valence-electron chi connectivity index (χ0n) is 16.8. The molecule has 0 atom stereocenters. The maximum Gasteiger partial charge on any atom is 0.128 e. The zero-order chi connectivity index (χ0) is 16.1. The Morgan fingerprint density at radius 1 is 0.519 bits per heavy atom. The van der Waals surface area contributed by atoms with Gasteiger partial charge in [-0.1, -0.05) is 60.7 Å². The minimum atomic E-state index is 0. The number of quaternary nitrogens is 2. The van der Waals surface area contributed by atoms with E-state index in [4.69, 9.17) is 0 Å². The first-order chi connectivity index (χ1) is 10.4. The van der Waals surface area contributed by atoms with E-state index in [1.54, 1.807) is 0 Å². The second-order valence-corrected chi connectivity index (χ2v) is 7.61. The van der Waals surface area contributed by atoms with Crippen molar-refractivity contribution in [2.75, 3.05) is 41.3 Å². The molecular formula is C20H36Cl2N2O3. The van der Waals surface area contributed by atoms with E-state index >= 15 is 0 Å². The van der Waals surface area contributed by atoms with Gasteiger partial charge in [-0.05, 0) is 0 Å². The van der Waals surface area contributed by atoms with Crippen molar-refractivity contribution < 1.29 is 50.2 Å². The molecule has 0 aliphatic carbocycles. The summed E-state index contributed by atoms with van der Waals surface area (Å²) in [4.78, 5) is 0. The average Bonchev–Trinajstić information content (AvgIpc) is 2.47. The lowest BCUT2D eigenvalue weighted by atomic mass is 10.2. The first-order valence-electron chi connectivity index (χ1n) is 8.08. The Hall–Kier alpha value is -1.18. The molecule has 2 aromatic rings. The van der Waals surface area contributed by atoms with Crippen LogP contribution in [0.2, 0.25) is 0 Å². The lowest BCUT2D eigenvalue weighted by Crippen LogP contribution is -3.00. The lowest BCUT2D eigenvalue weighted by Gasteiger charge is -2.35. The van der Waals surface area contributed by atoms with Gasteiger partial charge >= 0.3 is 0 Å². The summed E-state index contributed by atoms with van der Waals surface area (Å²) in [7, 11) is 9.32. The van der Waals surface area contributed by atoms with E-state index in [9.17, 15) is 0 Å². The Kier molecular flexibility index (Phi) is 18.3. The van der Waals surface area contributed by atoms with E-state index in [1.165, 1.54) is 24.2 Å². The normalized spacial score (nSPS) is 10.1. The molecule has 0 heterocycles. The first kappa shape index (κ1) is 33.4. The van der Waals surface area contributed by atoms with Gasteiger partial charge in [0.1, 0.15) is 26.2 Å². The van der Waals surface area contributed by atoms with Crippen molar-refractivity contribution in [1.29, 1.82) is 0 Å². The molecule has 0 saturated carbocycles. The van der Waals surface area contributed by atoms with Gasteiger partial charge in [-0.2, -0.15) is 0 Å². The van der Waals surface area contributed by atoms with Gasteiger partial charge in [0.15, 0.2) is 0 Å². The Labute approximate surface area is 176 Å². The van der Waals surface area contributed by atoms with Crippen LogP contribution in [-0.2, 0) is 13.1 Å². The maximum atomic E-state index is 2.33. The Balaban J connectivity index is -0.000000529. The summed E-state index contributed by atoms with van der Waals surface area (Å²) in [6, 6.07) is 21.6. The zero-order valence-corrected chi connectivity index (χ0v) is 18.3. The standard InChI is InChI=1S/C20H30N2.2ClH.3H2O/c1-21(2,17-19-11-7-5-8-12-19)15-16-22(3,4)18-20-13-9-6-10-14-20;;;;;/h5-14H,15-18H2,1-4H3;2*1H;3*1H2/q+2;;;;;/p-2. The number of hydrogen-bond donors (Lipinski definition) is 0. The molecule has 0 bridgehead atoms. The van der Waals surface area contributed by atoms with Crippen LogP contribution in [-0.4, -0.2) is 66.7 Å².